The molecular formula is C14H21NO3. The fourth-order valence-electron chi connectivity index (χ4n) is 2.46. The van der Waals surface area contributed by atoms with E-state index >= 15 is 0 Å². The fourth-order valence-corrected chi connectivity index (χ4v) is 2.46. The molecule has 4 heteroatoms. The van der Waals surface area contributed by atoms with Crippen molar-refractivity contribution in [3.63, 3.8) is 0 Å². The number of aromatic hydroxyl groups is 2. The summed E-state index contributed by atoms with van der Waals surface area (Å²) in [6, 6.07) is 4.91. The van der Waals surface area contributed by atoms with Crippen LogP contribution in [0, 0.1) is 5.92 Å². The zero-order valence-electron chi connectivity index (χ0n) is 10.7. The highest BCUT2D eigenvalue weighted by molar-refractivity contribution is 5.40. The predicted molar refractivity (Wildman–Crippen MR) is 69.6 cm³/mol. The summed E-state index contributed by atoms with van der Waals surface area (Å²) in [5, 5.41) is 22.0. The lowest BCUT2D eigenvalue weighted by Gasteiger charge is -2.17. The quantitative estimate of drug-likeness (QED) is 0.700. The molecule has 1 aromatic rings. The maximum atomic E-state index is 9.39. The maximum Gasteiger partial charge on any atom is 0.157 e. The first kappa shape index (κ1) is 13.2. The van der Waals surface area contributed by atoms with Crippen molar-refractivity contribution in [2.45, 2.75) is 32.4 Å². The minimum absolute atomic E-state index is 0.0649. The molecule has 0 saturated carbocycles. The summed E-state index contributed by atoms with van der Waals surface area (Å²) in [6.07, 6.45) is 2.56. The van der Waals surface area contributed by atoms with Gasteiger partial charge in [-0.3, -0.25) is 0 Å². The lowest BCUT2D eigenvalue weighted by atomic mass is 9.99. The van der Waals surface area contributed by atoms with Gasteiger partial charge < -0.3 is 20.3 Å². The molecule has 1 heterocycles. The Balaban J connectivity index is 1.79. The molecule has 1 fully saturated rings. The molecule has 2 rings (SSSR count). The first-order valence-corrected chi connectivity index (χ1v) is 6.54. The topological polar surface area (TPSA) is 61.7 Å². The summed E-state index contributed by atoms with van der Waals surface area (Å²) < 4.78 is 5.64. The van der Waals surface area contributed by atoms with Gasteiger partial charge in [-0.2, -0.15) is 0 Å². The van der Waals surface area contributed by atoms with E-state index in [2.05, 4.69) is 12.2 Å². The number of ether oxygens (including phenoxy) is 1. The Morgan fingerprint density at radius 2 is 2.17 bits per heavy atom. The van der Waals surface area contributed by atoms with Crippen LogP contribution in [-0.2, 0) is 11.3 Å². The second-order valence-corrected chi connectivity index (χ2v) is 4.82. The molecule has 0 radical (unpaired) electrons. The first-order chi connectivity index (χ1) is 8.70. The molecule has 3 N–H and O–H groups in total. The highest BCUT2D eigenvalue weighted by atomic mass is 16.5. The molecule has 4 nitrogen and oxygen atoms in total. The van der Waals surface area contributed by atoms with Gasteiger partial charge in [0.2, 0.25) is 0 Å². The lowest BCUT2D eigenvalue weighted by Crippen LogP contribution is -2.27. The van der Waals surface area contributed by atoms with E-state index in [0.29, 0.717) is 18.6 Å². The molecule has 100 valence electrons. The number of hydrogen-bond donors (Lipinski definition) is 3. The molecule has 1 aliphatic rings. The van der Waals surface area contributed by atoms with Crippen LogP contribution in [0.2, 0.25) is 0 Å². The third kappa shape index (κ3) is 3.15. The predicted octanol–water partition coefficient (Wildman–Crippen LogP) is 2.00. The van der Waals surface area contributed by atoms with Crippen LogP contribution in [0.15, 0.2) is 18.2 Å². The molecule has 1 saturated heterocycles. The van der Waals surface area contributed by atoms with Gasteiger partial charge >= 0.3 is 0 Å². The normalized spacial score (nSPS) is 23.4. The number of phenolic OH excluding ortho intramolecular Hbond substituents is 2. The number of rotatable bonds is 5. The van der Waals surface area contributed by atoms with Crippen molar-refractivity contribution in [1.82, 2.24) is 5.32 Å². The van der Waals surface area contributed by atoms with E-state index in [1.165, 1.54) is 6.07 Å². The van der Waals surface area contributed by atoms with Gasteiger partial charge in [0.1, 0.15) is 0 Å². The van der Waals surface area contributed by atoms with Crippen LogP contribution in [0.3, 0.4) is 0 Å². The highest BCUT2D eigenvalue weighted by Crippen LogP contribution is 2.25. The van der Waals surface area contributed by atoms with Gasteiger partial charge in [0.25, 0.3) is 0 Å². The molecule has 2 unspecified atom stereocenters. The van der Waals surface area contributed by atoms with E-state index < -0.39 is 0 Å². The third-order valence-corrected chi connectivity index (χ3v) is 3.52. The largest absolute Gasteiger partial charge is 0.504 e. The van der Waals surface area contributed by atoms with Gasteiger partial charge in [0, 0.05) is 19.7 Å². The summed E-state index contributed by atoms with van der Waals surface area (Å²) in [5.74, 6) is 0.444. The van der Waals surface area contributed by atoms with Crippen LogP contribution in [0.5, 0.6) is 11.5 Å². The van der Waals surface area contributed by atoms with Crippen molar-refractivity contribution < 1.29 is 14.9 Å². The van der Waals surface area contributed by atoms with Gasteiger partial charge in [-0.25, -0.2) is 0 Å². The molecule has 1 aromatic carbocycles. The zero-order valence-corrected chi connectivity index (χ0v) is 10.7. The molecular weight excluding hydrogens is 230 g/mol. The minimum atomic E-state index is -0.0750. The van der Waals surface area contributed by atoms with Crippen LogP contribution >= 0.6 is 0 Å². The van der Waals surface area contributed by atoms with Crippen LogP contribution in [-0.4, -0.2) is 29.5 Å². The van der Waals surface area contributed by atoms with Crippen molar-refractivity contribution in [3.05, 3.63) is 23.8 Å². The Kier molecular flexibility index (Phi) is 4.44. The molecule has 0 aliphatic carbocycles. The Labute approximate surface area is 108 Å². The Morgan fingerprint density at radius 1 is 1.33 bits per heavy atom. The van der Waals surface area contributed by atoms with Gasteiger partial charge in [-0.05, 0) is 36.5 Å². The highest BCUT2D eigenvalue weighted by Gasteiger charge is 2.25. The smallest absolute Gasteiger partial charge is 0.157 e. The summed E-state index contributed by atoms with van der Waals surface area (Å²) in [4.78, 5) is 0. The summed E-state index contributed by atoms with van der Waals surface area (Å²) >= 11 is 0. The molecule has 0 spiro atoms. The van der Waals surface area contributed by atoms with Crippen LogP contribution in [0.1, 0.15) is 25.3 Å². The molecule has 18 heavy (non-hydrogen) atoms. The SMILES string of the molecule is CCC1OCCC1CNCc1ccc(O)c(O)c1. The monoisotopic (exact) mass is 251 g/mol. The minimum Gasteiger partial charge on any atom is -0.504 e. The molecule has 1 aliphatic heterocycles. The molecule has 0 aromatic heterocycles. The number of nitrogens with one attached hydrogen (secondary N) is 1. The second kappa shape index (κ2) is 6.07. The third-order valence-electron chi connectivity index (χ3n) is 3.52. The average Bonchev–Trinajstić information content (AvgIpc) is 2.81. The van der Waals surface area contributed by atoms with E-state index in [4.69, 9.17) is 4.74 Å². The second-order valence-electron chi connectivity index (χ2n) is 4.82. The average molecular weight is 251 g/mol. The van der Waals surface area contributed by atoms with Crippen molar-refractivity contribution in [1.29, 1.82) is 0 Å². The Bertz CT molecular complexity index is 395. The Morgan fingerprint density at radius 3 is 2.89 bits per heavy atom. The van der Waals surface area contributed by atoms with Crippen LogP contribution < -0.4 is 5.32 Å². The van der Waals surface area contributed by atoms with Gasteiger partial charge in [-0.1, -0.05) is 13.0 Å². The van der Waals surface area contributed by atoms with E-state index in [-0.39, 0.29) is 11.5 Å². The van der Waals surface area contributed by atoms with Crippen molar-refractivity contribution in [2.24, 2.45) is 5.92 Å². The van der Waals surface area contributed by atoms with E-state index in [0.717, 1.165) is 31.6 Å². The van der Waals surface area contributed by atoms with Gasteiger partial charge in [0.15, 0.2) is 11.5 Å². The number of hydrogen-bond acceptors (Lipinski definition) is 4. The summed E-state index contributed by atoms with van der Waals surface area (Å²) in [6.45, 7) is 4.65. The van der Waals surface area contributed by atoms with Crippen molar-refractivity contribution in [2.75, 3.05) is 13.2 Å². The Hall–Kier alpha value is -1.26. The van der Waals surface area contributed by atoms with Crippen LogP contribution in [0.25, 0.3) is 0 Å². The molecule has 0 amide bonds. The zero-order chi connectivity index (χ0) is 13.0. The molecule has 0 bridgehead atoms. The number of phenols is 2. The lowest BCUT2D eigenvalue weighted by molar-refractivity contribution is 0.0872. The maximum absolute atomic E-state index is 9.39. The molecule has 2 atom stereocenters. The summed E-state index contributed by atoms with van der Waals surface area (Å²) in [7, 11) is 0. The van der Waals surface area contributed by atoms with Crippen molar-refractivity contribution in [3.8, 4) is 11.5 Å². The first-order valence-electron chi connectivity index (χ1n) is 6.54. The van der Waals surface area contributed by atoms with Crippen LogP contribution in [0.4, 0.5) is 0 Å². The van der Waals surface area contributed by atoms with E-state index in [1.807, 2.05) is 6.07 Å². The standard InChI is InChI=1S/C14H21NO3/c1-2-14-11(5-6-18-14)9-15-8-10-3-4-12(16)13(17)7-10/h3-4,7,11,14-17H,2,5-6,8-9H2,1H3. The fraction of sp³-hybridized carbons (Fsp3) is 0.571. The van der Waals surface area contributed by atoms with Crippen molar-refractivity contribution >= 4 is 0 Å². The number of benzene rings is 1. The van der Waals surface area contributed by atoms with Gasteiger partial charge in [0.05, 0.1) is 6.10 Å². The van der Waals surface area contributed by atoms with E-state index in [1.54, 1.807) is 6.07 Å². The van der Waals surface area contributed by atoms with E-state index in [9.17, 15) is 10.2 Å². The summed E-state index contributed by atoms with van der Waals surface area (Å²) in [5.41, 5.74) is 0.970. The van der Waals surface area contributed by atoms with Gasteiger partial charge in [-0.15, -0.1) is 0 Å².